The number of aromatic nitrogens is 1. The van der Waals surface area contributed by atoms with Gasteiger partial charge >= 0.3 is 0 Å². The van der Waals surface area contributed by atoms with Crippen LogP contribution in [0.1, 0.15) is 26.5 Å². The molecule has 0 aliphatic rings. The van der Waals surface area contributed by atoms with Crippen molar-refractivity contribution < 1.29 is 4.21 Å². The van der Waals surface area contributed by atoms with Gasteiger partial charge in [-0.2, -0.15) is 0 Å². The molecule has 1 aromatic rings. The molecule has 0 saturated carbocycles. The van der Waals surface area contributed by atoms with Crippen LogP contribution in [0.5, 0.6) is 0 Å². The fraction of sp³-hybridized carbons (Fsp3) is 0.364. The summed E-state index contributed by atoms with van der Waals surface area (Å²) in [5, 5.41) is 0. The predicted molar refractivity (Wildman–Crippen MR) is 72.0 cm³/mol. The fourth-order valence-electron chi connectivity index (χ4n) is 0.872. The summed E-state index contributed by atoms with van der Waals surface area (Å²) in [6.45, 7) is 9.53. The maximum absolute atomic E-state index is 11.8. The van der Waals surface area contributed by atoms with E-state index in [0.29, 0.717) is 11.4 Å². The fourth-order valence-corrected chi connectivity index (χ4v) is 1.74. The lowest BCUT2D eigenvalue weighted by atomic mass is 10.3. The lowest BCUT2D eigenvalue weighted by molar-refractivity contribution is 0.645. The molecule has 1 N–H and O–H groups in total. The van der Waals surface area contributed by atoms with Gasteiger partial charge in [-0.25, -0.2) is 4.21 Å². The van der Waals surface area contributed by atoms with E-state index < -0.39 is 11.0 Å². The van der Waals surface area contributed by atoms with Crippen LogP contribution in [0.4, 0.5) is 0 Å². The quantitative estimate of drug-likeness (QED) is 0.933. The van der Waals surface area contributed by atoms with Crippen molar-refractivity contribution in [2.24, 2.45) is 0 Å². The van der Waals surface area contributed by atoms with E-state index in [1.165, 1.54) is 0 Å². The molecule has 5 heteroatoms. The number of hydrogen-bond donors (Lipinski definition) is 1. The van der Waals surface area contributed by atoms with Crippen LogP contribution in [0.25, 0.3) is 5.70 Å². The zero-order valence-corrected chi connectivity index (χ0v) is 12.0. The van der Waals surface area contributed by atoms with E-state index >= 15 is 0 Å². The van der Waals surface area contributed by atoms with Crippen molar-refractivity contribution >= 4 is 32.6 Å². The summed E-state index contributed by atoms with van der Waals surface area (Å²) in [5.74, 6) is 0. The molecule has 0 aromatic carbocycles. The minimum absolute atomic E-state index is 0.321. The summed E-state index contributed by atoms with van der Waals surface area (Å²) >= 11 is 3.30. The minimum atomic E-state index is -1.17. The highest BCUT2D eigenvalue weighted by atomic mass is 79.9. The van der Waals surface area contributed by atoms with Crippen molar-refractivity contribution in [1.29, 1.82) is 0 Å². The molecule has 16 heavy (non-hydrogen) atoms. The second-order valence-electron chi connectivity index (χ2n) is 4.32. The van der Waals surface area contributed by atoms with E-state index in [4.69, 9.17) is 0 Å². The number of nitrogens with one attached hydrogen (secondary N) is 1. The molecule has 1 heterocycles. The highest BCUT2D eigenvalue weighted by molar-refractivity contribution is 9.10. The Balaban J connectivity index is 2.74. The SMILES string of the molecule is C=C(NS(=O)C(C)(C)C)c1ccc(Br)cn1. The van der Waals surface area contributed by atoms with Crippen molar-refractivity contribution in [3.63, 3.8) is 0 Å². The Bertz CT molecular complexity index is 409. The Morgan fingerprint density at radius 3 is 2.56 bits per heavy atom. The zero-order chi connectivity index (χ0) is 12.3. The molecule has 0 saturated heterocycles. The maximum atomic E-state index is 11.8. The molecule has 0 bridgehead atoms. The van der Waals surface area contributed by atoms with E-state index in [-0.39, 0.29) is 4.75 Å². The number of hydrogen-bond acceptors (Lipinski definition) is 2. The molecule has 1 rings (SSSR count). The van der Waals surface area contributed by atoms with Gasteiger partial charge in [0.15, 0.2) is 0 Å². The third kappa shape index (κ3) is 3.72. The van der Waals surface area contributed by atoms with Gasteiger partial charge in [-0.1, -0.05) is 6.58 Å². The average Bonchev–Trinajstić information content (AvgIpc) is 2.17. The van der Waals surface area contributed by atoms with Crippen LogP contribution in [0.3, 0.4) is 0 Å². The lowest BCUT2D eigenvalue weighted by Gasteiger charge is -2.19. The highest BCUT2D eigenvalue weighted by Gasteiger charge is 2.20. The average molecular weight is 303 g/mol. The molecule has 0 aliphatic carbocycles. The van der Waals surface area contributed by atoms with Crippen molar-refractivity contribution in [3.8, 4) is 0 Å². The van der Waals surface area contributed by atoms with Gasteiger partial charge in [0.1, 0.15) is 11.0 Å². The van der Waals surface area contributed by atoms with Crippen LogP contribution < -0.4 is 4.72 Å². The van der Waals surface area contributed by atoms with Crippen LogP contribution in [-0.4, -0.2) is 13.9 Å². The third-order valence-corrected chi connectivity index (χ3v) is 3.82. The van der Waals surface area contributed by atoms with Crippen molar-refractivity contribution in [3.05, 3.63) is 35.1 Å². The van der Waals surface area contributed by atoms with Crippen LogP contribution >= 0.6 is 15.9 Å². The third-order valence-electron chi connectivity index (χ3n) is 1.81. The zero-order valence-electron chi connectivity index (χ0n) is 9.58. The van der Waals surface area contributed by atoms with E-state index in [1.54, 1.807) is 6.20 Å². The molecule has 1 unspecified atom stereocenters. The van der Waals surface area contributed by atoms with Gasteiger partial charge < -0.3 is 4.72 Å². The lowest BCUT2D eigenvalue weighted by Crippen LogP contribution is -2.32. The van der Waals surface area contributed by atoms with Gasteiger partial charge in [0, 0.05) is 10.7 Å². The van der Waals surface area contributed by atoms with E-state index in [2.05, 4.69) is 32.2 Å². The molecule has 0 spiro atoms. The van der Waals surface area contributed by atoms with Gasteiger partial charge in [0.2, 0.25) is 0 Å². The Kier molecular flexibility index (Phi) is 4.27. The maximum Gasteiger partial charge on any atom is 0.122 e. The molecule has 1 aromatic heterocycles. The van der Waals surface area contributed by atoms with Crippen molar-refractivity contribution in [1.82, 2.24) is 9.71 Å². The number of rotatable bonds is 3. The van der Waals surface area contributed by atoms with E-state index in [1.807, 2.05) is 32.9 Å². The predicted octanol–water partition coefficient (Wildman–Crippen LogP) is 2.87. The smallest absolute Gasteiger partial charge is 0.122 e. The first kappa shape index (κ1) is 13.4. The van der Waals surface area contributed by atoms with Crippen LogP contribution in [0.2, 0.25) is 0 Å². The van der Waals surface area contributed by atoms with E-state index in [0.717, 1.165) is 4.47 Å². The second kappa shape index (κ2) is 5.10. The second-order valence-corrected chi connectivity index (χ2v) is 7.21. The summed E-state index contributed by atoms with van der Waals surface area (Å²) in [7, 11) is -1.17. The number of halogens is 1. The van der Waals surface area contributed by atoms with Gasteiger partial charge in [0.05, 0.1) is 16.1 Å². The first-order valence-corrected chi connectivity index (χ1v) is 6.74. The highest BCUT2D eigenvalue weighted by Crippen LogP contribution is 2.15. The summed E-state index contributed by atoms with van der Waals surface area (Å²) in [6, 6.07) is 3.69. The minimum Gasteiger partial charge on any atom is -0.303 e. The first-order chi connectivity index (χ1) is 7.30. The Morgan fingerprint density at radius 1 is 1.50 bits per heavy atom. The molecular formula is C11H15BrN2OS. The summed E-state index contributed by atoms with van der Waals surface area (Å²) in [6.07, 6.45) is 1.68. The standard InChI is InChI=1S/C11H15BrN2OS/c1-8(14-16(15)11(2,3)4)10-6-5-9(12)7-13-10/h5-7,14H,1H2,2-4H3. The normalized spacial score (nSPS) is 13.2. The molecular weight excluding hydrogens is 288 g/mol. The first-order valence-electron chi connectivity index (χ1n) is 4.80. The van der Waals surface area contributed by atoms with Gasteiger partial charge in [-0.05, 0) is 48.8 Å². The van der Waals surface area contributed by atoms with Crippen LogP contribution in [-0.2, 0) is 11.0 Å². The van der Waals surface area contributed by atoms with Gasteiger partial charge in [-0.15, -0.1) is 0 Å². The molecule has 0 radical (unpaired) electrons. The van der Waals surface area contributed by atoms with Crippen LogP contribution in [0, 0.1) is 0 Å². The molecule has 0 aliphatic heterocycles. The van der Waals surface area contributed by atoms with Gasteiger partial charge in [-0.3, -0.25) is 4.98 Å². The molecule has 1 atom stereocenters. The Hall–Kier alpha value is -0.680. The largest absolute Gasteiger partial charge is 0.303 e. The Morgan fingerprint density at radius 2 is 2.12 bits per heavy atom. The monoisotopic (exact) mass is 302 g/mol. The van der Waals surface area contributed by atoms with Crippen molar-refractivity contribution in [2.45, 2.75) is 25.5 Å². The summed E-state index contributed by atoms with van der Waals surface area (Å²) in [5.41, 5.74) is 1.27. The summed E-state index contributed by atoms with van der Waals surface area (Å²) in [4.78, 5) is 4.17. The summed E-state index contributed by atoms with van der Waals surface area (Å²) < 4.78 is 15.3. The number of nitrogens with zero attached hydrogens (tertiary/aromatic N) is 1. The Labute approximate surface area is 107 Å². The molecule has 0 fully saturated rings. The molecule has 88 valence electrons. The van der Waals surface area contributed by atoms with Gasteiger partial charge in [0.25, 0.3) is 0 Å². The van der Waals surface area contributed by atoms with Crippen LogP contribution in [0.15, 0.2) is 29.4 Å². The van der Waals surface area contributed by atoms with E-state index in [9.17, 15) is 4.21 Å². The molecule has 0 amide bonds. The number of pyridine rings is 1. The van der Waals surface area contributed by atoms with Crippen molar-refractivity contribution in [2.75, 3.05) is 0 Å². The topological polar surface area (TPSA) is 42.0 Å². The molecule has 3 nitrogen and oxygen atoms in total.